The third kappa shape index (κ3) is 8.45. The first-order valence-corrected chi connectivity index (χ1v) is 20.4. The maximum atomic E-state index is 14.4. The van der Waals surface area contributed by atoms with Gasteiger partial charge in [-0.15, -0.1) is 0 Å². The molecule has 0 radical (unpaired) electrons. The van der Waals surface area contributed by atoms with Gasteiger partial charge in [0.05, 0.1) is 24.2 Å². The predicted molar refractivity (Wildman–Crippen MR) is 212 cm³/mol. The Balaban J connectivity index is 0.999. The van der Waals surface area contributed by atoms with Crippen molar-refractivity contribution in [3.05, 3.63) is 63.6 Å². The Labute approximate surface area is 328 Å². The van der Waals surface area contributed by atoms with Crippen molar-refractivity contribution in [2.75, 3.05) is 64.3 Å². The molecule has 3 aromatic rings. The third-order valence-electron chi connectivity index (χ3n) is 12.7. The molecular formula is C42H57N7O7. The quantitative estimate of drug-likeness (QED) is 0.318. The first kappa shape index (κ1) is 39.4. The number of aromatic nitrogens is 2. The summed E-state index contributed by atoms with van der Waals surface area (Å²) in [7, 11) is 3.49. The molecule has 14 heteroatoms. The van der Waals surface area contributed by atoms with Crippen molar-refractivity contribution >= 4 is 40.7 Å². The first-order valence-electron chi connectivity index (χ1n) is 20.4. The second kappa shape index (κ2) is 17.1. The molecule has 1 N–H and O–H groups in total. The highest BCUT2D eigenvalue weighted by Crippen LogP contribution is 2.33. The van der Waals surface area contributed by atoms with Crippen molar-refractivity contribution in [3.8, 4) is 0 Å². The van der Waals surface area contributed by atoms with Gasteiger partial charge in [0.15, 0.2) is 6.10 Å². The van der Waals surface area contributed by atoms with Crippen molar-refractivity contribution in [1.82, 2.24) is 28.7 Å². The van der Waals surface area contributed by atoms with Gasteiger partial charge in [-0.25, -0.2) is 14.4 Å². The monoisotopic (exact) mass is 771 g/mol. The summed E-state index contributed by atoms with van der Waals surface area (Å²) in [6.07, 6.45) is 4.44. The molecule has 1 aromatic heterocycles. The van der Waals surface area contributed by atoms with E-state index in [1.807, 2.05) is 60.0 Å². The summed E-state index contributed by atoms with van der Waals surface area (Å²) in [6, 6.07) is 11.6. The number of para-hydroxylation sites is 1. The van der Waals surface area contributed by atoms with Crippen LogP contribution in [-0.4, -0.2) is 124 Å². The molecule has 14 nitrogen and oxygen atoms in total. The van der Waals surface area contributed by atoms with Crippen molar-refractivity contribution in [2.24, 2.45) is 25.9 Å². The zero-order valence-electron chi connectivity index (χ0n) is 33.3. The highest BCUT2D eigenvalue weighted by atomic mass is 16.6. The zero-order chi connectivity index (χ0) is 39.5. The van der Waals surface area contributed by atoms with E-state index in [1.165, 1.54) is 0 Å². The Hall–Kier alpha value is -4.85. The van der Waals surface area contributed by atoms with E-state index in [-0.39, 0.29) is 36.1 Å². The van der Waals surface area contributed by atoms with Gasteiger partial charge in [0, 0.05) is 65.0 Å². The van der Waals surface area contributed by atoms with Crippen LogP contribution in [0.2, 0.25) is 0 Å². The molecule has 4 aliphatic rings. The lowest BCUT2D eigenvalue weighted by atomic mass is 9.78. The van der Waals surface area contributed by atoms with Gasteiger partial charge in [0.25, 0.3) is 5.91 Å². The number of urea groups is 1. The Morgan fingerprint density at radius 2 is 1.50 bits per heavy atom. The van der Waals surface area contributed by atoms with Crippen LogP contribution in [0.15, 0.2) is 41.2 Å². The van der Waals surface area contributed by atoms with Crippen LogP contribution in [0.3, 0.4) is 0 Å². The molecule has 1 atom stereocenters. The second-order valence-corrected chi connectivity index (χ2v) is 16.1. The summed E-state index contributed by atoms with van der Waals surface area (Å²) in [5, 5.41) is 3.05. The number of esters is 1. The molecule has 3 saturated heterocycles. The van der Waals surface area contributed by atoms with Crippen LogP contribution in [-0.2, 0) is 46.0 Å². The van der Waals surface area contributed by atoms with Crippen LogP contribution < -0.4 is 11.0 Å². The minimum Gasteiger partial charge on any atom is -0.465 e. The molecule has 56 heavy (non-hydrogen) atoms. The van der Waals surface area contributed by atoms with E-state index in [4.69, 9.17) is 9.47 Å². The largest absolute Gasteiger partial charge is 0.465 e. The van der Waals surface area contributed by atoms with Gasteiger partial charge in [0.1, 0.15) is 0 Å². The molecule has 0 spiro atoms. The van der Waals surface area contributed by atoms with Crippen LogP contribution in [0.25, 0.3) is 11.0 Å². The fourth-order valence-electron chi connectivity index (χ4n) is 9.52. The van der Waals surface area contributed by atoms with E-state index in [9.17, 15) is 24.0 Å². The molecule has 3 fully saturated rings. The van der Waals surface area contributed by atoms with Gasteiger partial charge in [-0.2, -0.15) is 0 Å². The highest BCUT2D eigenvalue weighted by molar-refractivity contribution is 5.91. The number of hydrogen-bond acceptors (Lipinski definition) is 8. The van der Waals surface area contributed by atoms with E-state index in [2.05, 4.69) is 10.2 Å². The summed E-state index contributed by atoms with van der Waals surface area (Å²) < 4.78 is 14.5. The predicted octanol–water partition coefficient (Wildman–Crippen LogP) is 4.30. The van der Waals surface area contributed by atoms with E-state index in [0.717, 1.165) is 78.6 Å². The van der Waals surface area contributed by atoms with Crippen LogP contribution >= 0.6 is 0 Å². The number of likely N-dealkylation sites (tertiary alicyclic amines) is 3. The molecule has 0 saturated carbocycles. The molecule has 7 rings (SSSR count). The zero-order valence-corrected chi connectivity index (χ0v) is 33.3. The number of carbonyl (C=O) groups is 4. The SMILES string of the molecule is CCOC(=O)CN1CCC(C2CCN(C(=O)[C@@H](Cc3cc(C)c4c(c3)n(C)c(=O)n4C)OC(=O)N3CCC(N4CCc5ccccc5NC4=O)CC3)CC2)CC1. The molecule has 4 aliphatic heterocycles. The lowest BCUT2D eigenvalue weighted by Gasteiger charge is -2.41. The molecule has 5 heterocycles. The summed E-state index contributed by atoms with van der Waals surface area (Å²) >= 11 is 0. The number of hydrogen-bond donors (Lipinski definition) is 1. The fourth-order valence-corrected chi connectivity index (χ4v) is 9.52. The number of fused-ring (bicyclic) bond motifs is 2. The van der Waals surface area contributed by atoms with Crippen LogP contribution in [0.1, 0.15) is 62.1 Å². The lowest BCUT2D eigenvalue weighted by Crippen LogP contribution is -2.52. The van der Waals surface area contributed by atoms with E-state index >= 15 is 0 Å². The van der Waals surface area contributed by atoms with Gasteiger partial charge in [-0.3, -0.25) is 23.6 Å². The smallest absolute Gasteiger partial charge is 0.410 e. The maximum absolute atomic E-state index is 14.4. The standard InChI is InChI=1S/C42H57N7O7/c1-5-55-37(50)27-46-17-10-30(11-18-46)31-12-19-47(20-13-31)39(51)36(26-29-24-28(2)38-35(25-29)44(3)41(53)45(38)4)56-42(54)48-21-15-33(16-22-48)49-23-14-32-8-6-7-9-34(32)43-40(49)52/h6-9,24-25,30-31,33,36H,5,10-23,26-27H2,1-4H3,(H,43,52)/t36-/m1/s1. The normalized spacial score (nSPS) is 19.7. The van der Waals surface area contributed by atoms with Crippen LogP contribution in [0.5, 0.6) is 0 Å². The number of aryl methyl sites for hydroxylation is 3. The minimum absolute atomic E-state index is 0.0101. The number of benzene rings is 2. The second-order valence-electron chi connectivity index (χ2n) is 16.1. The Morgan fingerprint density at radius 3 is 2.20 bits per heavy atom. The Kier molecular flexibility index (Phi) is 12.0. The molecule has 0 aliphatic carbocycles. The number of anilines is 1. The van der Waals surface area contributed by atoms with Gasteiger partial charge in [0.2, 0.25) is 0 Å². The number of piperidine rings is 3. The number of imidazole rings is 1. The average molecular weight is 772 g/mol. The molecule has 4 amide bonds. The number of rotatable bonds is 9. The van der Waals surface area contributed by atoms with Crippen LogP contribution in [0, 0.1) is 18.8 Å². The topological polar surface area (TPSA) is 139 Å². The van der Waals surface area contributed by atoms with E-state index in [1.54, 1.807) is 28.1 Å². The number of carbonyl (C=O) groups excluding carboxylic acids is 4. The molecule has 302 valence electrons. The Morgan fingerprint density at radius 1 is 0.839 bits per heavy atom. The molecule has 0 bridgehead atoms. The fraction of sp³-hybridized carbons (Fsp3) is 0.595. The average Bonchev–Trinajstić information content (AvgIpc) is 3.31. The lowest BCUT2D eigenvalue weighted by molar-refractivity contribution is -0.144. The van der Waals surface area contributed by atoms with Crippen molar-refractivity contribution in [3.63, 3.8) is 0 Å². The van der Waals surface area contributed by atoms with Crippen molar-refractivity contribution < 1.29 is 28.7 Å². The van der Waals surface area contributed by atoms with Crippen LogP contribution in [0.4, 0.5) is 15.3 Å². The third-order valence-corrected chi connectivity index (χ3v) is 12.7. The summed E-state index contributed by atoms with van der Waals surface area (Å²) in [5.74, 6) is 0.673. The van der Waals surface area contributed by atoms with E-state index in [0.29, 0.717) is 70.6 Å². The minimum atomic E-state index is -1.03. The van der Waals surface area contributed by atoms with Gasteiger partial charge in [-0.1, -0.05) is 24.3 Å². The summed E-state index contributed by atoms with van der Waals surface area (Å²) in [5.41, 5.74) is 5.16. The number of nitrogens with zero attached hydrogens (tertiary/aromatic N) is 6. The number of amides is 4. The van der Waals surface area contributed by atoms with Gasteiger partial charge in [-0.05, 0) is 113 Å². The van der Waals surface area contributed by atoms with Gasteiger partial charge >= 0.3 is 23.8 Å². The first-order chi connectivity index (χ1) is 27.0. The molecular weight excluding hydrogens is 715 g/mol. The summed E-state index contributed by atoms with van der Waals surface area (Å²) in [4.78, 5) is 73.8. The number of nitrogens with one attached hydrogen (secondary N) is 1. The Bertz CT molecular complexity index is 1980. The van der Waals surface area contributed by atoms with Crippen molar-refractivity contribution in [2.45, 2.75) is 77.4 Å². The van der Waals surface area contributed by atoms with E-state index < -0.39 is 12.2 Å². The van der Waals surface area contributed by atoms with Crippen molar-refractivity contribution in [1.29, 1.82) is 0 Å². The molecule has 0 unspecified atom stereocenters. The van der Waals surface area contributed by atoms with Gasteiger partial charge < -0.3 is 29.5 Å². The highest BCUT2D eigenvalue weighted by Gasteiger charge is 2.37. The summed E-state index contributed by atoms with van der Waals surface area (Å²) in [6.45, 7) is 8.88. The maximum Gasteiger partial charge on any atom is 0.410 e. The number of ether oxygens (including phenoxy) is 2. The molecule has 2 aromatic carbocycles.